The van der Waals surface area contributed by atoms with Crippen molar-refractivity contribution in [2.24, 2.45) is 0 Å². The van der Waals surface area contributed by atoms with Crippen molar-refractivity contribution in [3.8, 4) is 0 Å². The number of ether oxygens (including phenoxy) is 1. The highest BCUT2D eigenvalue weighted by molar-refractivity contribution is 7.86. The first kappa shape index (κ1) is 24.1. The van der Waals surface area contributed by atoms with Crippen molar-refractivity contribution in [2.45, 2.75) is 76.9 Å². The maximum atomic E-state index is 12.4. The van der Waals surface area contributed by atoms with Gasteiger partial charge in [0.15, 0.2) is 8.32 Å². The number of carbonyl (C=O) groups excluding carboxylic acids is 1. The number of nitrogens with zero attached hydrogens (tertiary/aromatic N) is 1. The van der Waals surface area contributed by atoms with Gasteiger partial charge in [-0.3, -0.25) is 4.18 Å². The molecule has 1 amide bonds. The van der Waals surface area contributed by atoms with E-state index >= 15 is 0 Å². The maximum absolute atomic E-state index is 12.4. The fraction of sp³-hybridized carbons (Fsp3) is 0.833. The molecule has 158 valence electrons. The van der Waals surface area contributed by atoms with Gasteiger partial charge in [-0.05, 0) is 37.9 Å². The van der Waals surface area contributed by atoms with Crippen LogP contribution in [-0.2, 0) is 23.5 Å². The number of amides is 1. The SMILES string of the molecule is C=CCOC(=O)N1CC(O[Si](C)(C)C(C)(C)C)CC1C[C@@H](C)OS(C)(=O)=O. The lowest BCUT2D eigenvalue weighted by Crippen LogP contribution is -2.45. The lowest BCUT2D eigenvalue weighted by Gasteiger charge is -2.38. The normalized spacial score (nSPS) is 22.6. The van der Waals surface area contributed by atoms with Gasteiger partial charge >= 0.3 is 6.09 Å². The van der Waals surface area contributed by atoms with Gasteiger partial charge in [-0.25, -0.2) is 4.79 Å². The standard InChI is InChI=1S/C18H35NO6SSi/c1-9-10-23-17(20)19-13-16(25-27(7,8)18(3,4)5)12-15(19)11-14(2)24-26(6,21)22/h9,14-16H,1,10-13H2,2-8H3/t14-,15?,16?/m1/s1. The molecular formula is C18H35NO6SSi. The van der Waals surface area contributed by atoms with Crippen molar-refractivity contribution >= 4 is 24.5 Å². The lowest BCUT2D eigenvalue weighted by atomic mass is 10.1. The lowest BCUT2D eigenvalue weighted by molar-refractivity contribution is 0.0940. The second kappa shape index (κ2) is 9.06. The molecule has 0 saturated carbocycles. The Kier molecular flexibility index (Phi) is 8.10. The summed E-state index contributed by atoms with van der Waals surface area (Å²) in [4.78, 5) is 14.1. The fourth-order valence-electron chi connectivity index (χ4n) is 2.93. The van der Waals surface area contributed by atoms with Crippen LogP contribution in [0.5, 0.6) is 0 Å². The van der Waals surface area contributed by atoms with Crippen LogP contribution in [0.1, 0.15) is 40.5 Å². The van der Waals surface area contributed by atoms with E-state index < -0.39 is 30.6 Å². The number of hydrogen-bond acceptors (Lipinski definition) is 6. The monoisotopic (exact) mass is 421 g/mol. The largest absolute Gasteiger partial charge is 0.445 e. The topological polar surface area (TPSA) is 82.1 Å². The molecule has 0 bridgehead atoms. The summed E-state index contributed by atoms with van der Waals surface area (Å²) in [6.45, 7) is 16.7. The molecule has 3 atom stereocenters. The molecule has 0 N–H and O–H groups in total. The van der Waals surface area contributed by atoms with Crippen LogP contribution in [0.2, 0.25) is 18.1 Å². The molecule has 1 saturated heterocycles. The first-order valence-corrected chi connectivity index (χ1v) is 14.0. The molecule has 1 rings (SSSR count). The number of likely N-dealkylation sites (tertiary alicyclic amines) is 1. The zero-order valence-electron chi connectivity index (χ0n) is 17.6. The number of rotatable bonds is 8. The van der Waals surface area contributed by atoms with Crippen molar-refractivity contribution in [2.75, 3.05) is 19.4 Å². The molecule has 0 aromatic heterocycles. The number of hydrogen-bond donors (Lipinski definition) is 0. The average Bonchev–Trinajstić information content (AvgIpc) is 2.83. The molecule has 2 unspecified atom stereocenters. The van der Waals surface area contributed by atoms with Gasteiger partial charge in [0.25, 0.3) is 10.1 Å². The summed E-state index contributed by atoms with van der Waals surface area (Å²) in [5, 5.41) is 0.0615. The van der Waals surface area contributed by atoms with Gasteiger partial charge in [0.05, 0.1) is 18.5 Å². The molecule has 7 nitrogen and oxygen atoms in total. The molecule has 0 spiro atoms. The summed E-state index contributed by atoms with van der Waals surface area (Å²) in [5.41, 5.74) is 0. The van der Waals surface area contributed by atoms with E-state index in [4.69, 9.17) is 13.3 Å². The molecule has 0 radical (unpaired) electrons. The first-order valence-electron chi connectivity index (χ1n) is 9.26. The van der Waals surface area contributed by atoms with Crippen molar-refractivity contribution in [1.29, 1.82) is 0 Å². The Hall–Kier alpha value is -0.903. The predicted octanol–water partition coefficient (Wildman–Crippen LogP) is 3.53. The van der Waals surface area contributed by atoms with Gasteiger partial charge in [-0.1, -0.05) is 33.4 Å². The highest BCUT2D eigenvalue weighted by Gasteiger charge is 2.44. The van der Waals surface area contributed by atoms with E-state index in [9.17, 15) is 13.2 Å². The quantitative estimate of drug-likeness (QED) is 0.339. The summed E-state index contributed by atoms with van der Waals surface area (Å²) in [6.07, 6.45) is 2.50. The summed E-state index contributed by atoms with van der Waals surface area (Å²) < 4.78 is 39.5. The Bertz CT molecular complexity index is 628. The molecule has 0 aromatic rings. The Morgan fingerprint density at radius 3 is 2.44 bits per heavy atom. The first-order chi connectivity index (χ1) is 12.2. The van der Waals surface area contributed by atoms with Crippen LogP contribution in [0, 0.1) is 0 Å². The van der Waals surface area contributed by atoms with Crippen LogP contribution in [0.25, 0.3) is 0 Å². The minimum atomic E-state index is -3.55. The number of carbonyl (C=O) groups is 1. The second-order valence-electron chi connectivity index (χ2n) is 8.75. The van der Waals surface area contributed by atoms with E-state index in [0.717, 1.165) is 6.26 Å². The minimum absolute atomic E-state index is 0.0615. The summed E-state index contributed by atoms with van der Waals surface area (Å²) in [5.74, 6) is 0. The molecule has 9 heteroatoms. The minimum Gasteiger partial charge on any atom is -0.445 e. The van der Waals surface area contributed by atoms with Gasteiger partial charge in [-0.15, -0.1) is 0 Å². The van der Waals surface area contributed by atoms with Crippen molar-refractivity contribution in [3.05, 3.63) is 12.7 Å². The van der Waals surface area contributed by atoms with Crippen LogP contribution < -0.4 is 0 Å². The van der Waals surface area contributed by atoms with E-state index in [1.54, 1.807) is 11.8 Å². The Morgan fingerprint density at radius 2 is 1.96 bits per heavy atom. The van der Waals surface area contributed by atoms with Gasteiger partial charge in [-0.2, -0.15) is 8.42 Å². The van der Waals surface area contributed by atoms with Crippen LogP contribution >= 0.6 is 0 Å². The van der Waals surface area contributed by atoms with Crippen LogP contribution in [0.15, 0.2) is 12.7 Å². The van der Waals surface area contributed by atoms with E-state index in [1.807, 2.05) is 0 Å². The third kappa shape index (κ3) is 7.55. The van der Waals surface area contributed by atoms with Gasteiger partial charge in [0, 0.05) is 12.6 Å². The zero-order valence-corrected chi connectivity index (χ0v) is 19.5. The summed E-state index contributed by atoms with van der Waals surface area (Å²) in [6, 6.07) is -0.200. The van der Waals surface area contributed by atoms with Gasteiger partial charge < -0.3 is 14.1 Å². The summed E-state index contributed by atoms with van der Waals surface area (Å²) in [7, 11) is -5.54. The third-order valence-corrected chi connectivity index (χ3v) is 10.4. The Labute approximate surface area is 165 Å². The second-order valence-corrected chi connectivity index (χ2v) is 15.1. The molecule has 1 aliphatic heterocycles. The van der Waals surface area contributed by atoms with Crippen LogP contribution in [-0.4, -0.2) is 65.4 Å². The predicted molar refractivity (Wildman–Crippen MR) is 109 cm³/mol. The van der Waals surface area contributed by atoms with E-state index in [0.29, 0.717) is 19.4 Å². The molecule has 0 aromatic carbocycles. The molecule has 1 heterocycles. The van der Waals surface area contributed by atoms with Crippen LogP contribution in [0.4, 0.5) is 4.79 Å². The average molecular weight is 422 g/mol. The molecule has 1 fully saturated rings. The fourth-order valence-corrected chi connectivity index (χ4v) is 4.97. The van der Waals surface area contributed by atoms with Gasteiger partial charge in [0.1, 0.15) is 6.61 Å². The van der Waals surface area contributed by atoms with Crippen LogP contribution in [0.3, 0.4) is 0 Å². The van der Waals surface area contributed by atoms with Crippen molar-refractivity contribution < 1.29 is 26.6 Å². The molecular weight excluding hydrogens is 386 g/mol. The maximum Gasteiger partial charge on any atom is 0.410 e. The Morgan fingerprint density at radius 1 is 1.37 bits per heavy atom. The smallest absolute Gasteiger partial charge is 0.410 e. The highest BCUT2D eigenvalue weighted by Crippen LogP contribution is 2.39. The third-order valence-electron chi connectivity index (χ3n) is 5.15. The van der Waals surface area contributed by atoms with Gasteiger partial charge in [0.2, 0.25) is 0 Å². The van der Waals surface area contributed by atoms with E-state index in [1.165, 1.54) is 6.08 Å². The van der Waals surface area contributed by atoms with Crippen molar-refractivity contribution in [1.82, 2.24) is 4.90 Å². The molecule has 0 aliphatic carbocycles. The summed E-state index contributed by atoms with van der Waals surface area (Å²) >= 11 is 0. The Balaban J connectivity index is 2.89. The zero-order chi connectivity index (χ0) is 21.0. The molecule has 1 aliphatic rings. The van der Waals surface area contributed by atoms with Crippen molar-refractivity contribution in [3.63, 3.8) is 0 Å². The van der Waals surface area contributed by atoms with E-state index in [-0.39, 0.29) is 23.8 Å². The molecule has 27 heavy (non-hydrogen) atoms. The van der Waals surface area contributed by atoms with E-state index in [2.05, 4.69) is 40.4 Å². The highest BCUT2D eigenvalue weighted by atomic mass is 32.2.